The first kappa shape index (κ1) is 14.8. The molecule has 1 aromatic rings. The number of nitrogens with one attached hydrogen (secondary N) is 1. The second kappa shape index (κ2) is 6.36. The normalized spacial score (nSPS) is 18.8. The highest BCUT2D eigenvalue weighted by Gasteiger charge is 2.29. The SMILES string of the molecule is CCCCN1C(=O)C(=Cc2ccc3c(c2)OCCO3)NC1=S. The number of thiocarbonyl (C=S) groups is 1. The summed E-state index contributed by atoms with van der Waals surface area (Å²) in [5, 5.41) is 3.46. The number of ether oxygens (including phenoxy) is 2. The predicted octanol–water partition coefficient (Wildman–Crippen LogP) is 2.32. The highest BCUT2D eigenvalue weighted by atomic mass is 32.1. The Morgan fingerprint density at radius 2 is 2.09 bits per heavy atom. The van der Waals surface area contributed by atoms with Gasteiger partial charge >= 0.3 is 0 Å². The molecule has 0 aliphatic carbocycles. The van der Waals surface area contributed by atoms with Gasteiger partial charge in [-0.1, -0.05) is 19.4 Å². The fourth-order valence-electron chi connectivity index (χ4n) is 2.41. The number of amides is 1. The van der Waals surface area contributed by atoms with Crippen molar-refractivity contribution in [2.24, 2.45) is 0 Å². The third-order valence-corrected chi connectivity index (χ3v) is 3.90. The van der Waals surface area contributed by atoms with E-state index in [2.05, 4.69) is 12.2 Å². The molecule has 5 nitrogen and oxygen atoms in total. The molecule has 0 atom stereocenters. The number of rotatable bonds is 4. The van der Waals surface area contributed by atoms with E-state index >= 15 is 0 Å². The van der Waals surface area contributed by atoms with Gasteiger partial charge in [0.1, 0.15) is 18.9 Å². The molecule has 0 aromatic heterocycles. The molecule has 0 spiro atoms. The number of carbonyl (C=O) groups excluding carboxylic acids is 1. The molecule has 1 aromatic carbocycles. The van der Waals surface area contributed by atoms with Gasteiger partial charge in [-0.25, -0.2) is 0 Å². The minimum atomic E-state index is -0.0756. The molecule has 1 N–H and O–H groups in total. The Morgan fingerprint density at radius 1 is 1.32 bits per heavy atom. The number of hydrogen-bond donors (Lipinski definition) is 1. The standard InChI is InChI=1S/C16H18N2O3S/c1-2-3-6-18-15(19)12(17-16(18)22)9-11-4-5-13-14(10-11)21-8-7-20-13/h4-5,9-10H,2-3,6-8H2,1H3,(H,17,22). The van der Waals surface area contributed by atoms with E-state index in [1.807, 2.05) is 18.2 Å². The molecule has 1 fully saturated rings. The molecule has 116 valence electrons. The van der Waals surface area contributed by atoms with Crippen LogP contribution in [0.15, 0.2) is 23.9 Å². The van der Waals surface area contributed by atoms with E-state index < -0.39 is 0 Å². The first-order valence-electron chi connectivity index (χ1n) is 7.43. The average Bonchev–Trinajstić information content (AvgIpc) is 2.79. The predicted molar refractivity (Wildman–Crippen MR) is 87.8 cm³/mol. The Hall–Kier alpha value is -2.08. The second-order valence-corrected chi connectivity index (χ2v) is 5.59. The Bertz CT molecular complexity index is 642. The van der Waals surface area contributed by atoms with Gasteiger partial charge in [0.25, 0.3) is 5.91 Å². The Labute approximate surface area is 134 Å². The summed E-state index contributed by atoms with van der Waals surface area (Å²) in [6, 6.07) is 5.62. The molecule has 0 saturated carbocycles. The summed E-state index contributed by atoms with van der Waals surface area (Å²) in [4.78, 5) is 14.0. The molecule has 0 unspecified atom stereocenters. The minimum absolute atomic E-state index is 0.0756. The van der Waals surface area contributed by atoms with Crippen molar-refractivity contribution in [2.75, 3.05) is 19.8 Å². The van der Waals surface area contributed by atoms with Crippen LogP contribution in [0.5, 0.6) is 11.5 Å². The van der Waals surface area contributed by atoms with E-state index in [9.17, 15) is 4.79 Å². The van der Waals surface area contributed by atoms with Crippen molar-refractivity contribution in [3.05, 3.63) is 29.5 Å². The van der Waals surface area contributed by atoms with Crippen LogP contribution in [0.4, 0.5) is 0 Å². The first-order valence-corrected chi connectivity index (χ1v) is 7.84. The van der Waals surface area contributed by atoms with Crippen molar-refractivity contribution in [1.82, 2.24) is 10.2 Å². The molecule has 3 rings (SSSR count). The number of carbonyl (C=O) groups is 1. The van der Waals surface area contributed by atoms with Crippen LogP contribution in [-0.2, 0) is 4.79 Å². The van der Waals surface area contributed by atoms with Crippen molar-refractivity contribution in [2.45, 2.75) is 19.8 Å². The number of hydrogen-bond acceptors (Lipinski definition) is 4. The third kappa shape index (κ3) is 2.92. The molecule has 2 aliphatic rings. The number of nitrogens with zero attached hydrogens (tertiary/aromatic N) is 1. The summed E-state index contributed by atoms with van der Waals surface area (Å²) >= 11 is 5.23. The van der Waals surface area contributed by atoms with E-state index in [1.54, 1.807) is 11.0 Å². The Balaban J connectivity index is 1.80. The summed E-state index contributed by atoms with van der Waals surface area (Å²) < 4.78 is 11.0. The zero-order chi connectivity index (χ0) is 15.5. The molecule has 0 bridgehead atoms. The lowest BCUT2D eigenvalue weighted by Crippen LogP contribution is -2.31. The summed E-state index contributed by atoms with van der Waals surface area (Å²) in [7, 11) is 0. The van der Waals surface area contributed by atoms with Gasteiger partial charge in [-0.3, -0.25) is 9.69 Å². The Kier molecular flexibility index (Phi) is 4.29. The fourth-order valence-corrected chi connectivity index (χ4v) is 2.69. The van der Waals surface area contributed by atoms with Crippen LogP contribution in [0.2, 0.25) is 0 Å². The molecule has 1 saturated heterocycles. The molecule has 1 amide bonds. The maximum atomic E-state index is 12.4. The van der Waals surface area contributed by atoms with Gasteiger partial charge < -0.3 is 14.8 Å². The van der Waals surface area contributed by atoms with E-state index in [0.29, 0.717) is 36.3 Å². The third-order valence-electron chi connectivity index (χ3n) is 3.57. The summed E-state index contributed by atoms with van der Waals surface area (Å²) in [5.74, 6) is 1.36. The van der Waals surface area contributed by atoms with Gasteiger partial charge in [0.15, 0.2) is 16.6 Å². The largest absolute Gasteiger partial charge is 0.486 e. The summed E-state index contributed by atoms with van der Waals surface area (Å²) in [5.41, 5.74) is 1.37. The highest BCUT2D eigenvalue weighted by molar-refractivity contribution is 7.80. The van der Waals surface area contributed by atoms with Gasteiger partial charge in [0.05, 0.1) is 0 Å². The lowest BCUT2D eigenvalue weighted by atomic mass is 10.1. The first-order chi connectivity index (χ1) is 10.7. The van der Waals surface area contributed by atoms with Crippen molar-refractivity contribution >= 4 is 29.3 Å². The molecule has 22 heavy (non-hydrogen) atoms. The van der Waals surface area contributed by atoms with Crippen LogP contribution >= 0.6 is 12.2 Å². The van der Waals surface area contributed by atoms with Crippen molar-refractivity contribution in [3.63, 3.8) is 0 Å². The van der Waals surface area contributed by atoms with Crippen LogP contribution in [0, 0.1) is 0 Å². The molecule has 0 radical (unpaired) electrons. The molecule has 6 heteroatoms. The van der Waals surface area contributed by atoms with Crippen LogP contribution in [0.25, 0.3) is 6.08 Å². The molecular formula is C16H18N2O3S. The molecular weight excluding hydrogens is 300 g/mol. The van der Waals surface area contributed by atoms with Gasteiger partial charge in [-0.2, -0.15) is 0 Å². The smallest absolute Gasteiger partial charge is 0.276 e. The Morgan fingerprint density at radius 3 is 2.86 bits per heavy atom. The zero-order valence-electron chi connectivity index (χ0n) is 12.4. The highest BCUT2D eigenvalue weighted by Crippen LogP contribution is 2.31. The van der Waals surface area contributed by atoms with E-state index in [0.717, 1.165) is 24.2 Å². The van der Waals surface area contributed by atoms with Crippen LogP contribution in [0.3, 0.4) is 0 Å². The topological polar surface area (TPSA) is 50.8 Å². The summed E-state index contributed by atoms with van der Waals surface area (Å²) in [6.07, 6.45) is 3.75. The summed E-state index contributed by atoms with van der Waals surface area (Å²) in [6.45, 7) is 3.84. The van der Waals surface area contributed by atoms with Gasteiger partial charge in [0.2, 0.25) is 0 Å². The van der Waals surface area contributed by atoms with E-state index in [-0.39, 0.29) is 5.91 Å². The maximum Gasteiger partial charge on any atom is 0.276 e. The second-order valence-electron chi connectivity index (χ2n) is 5.20. The fraction of sp³-hybridized carbons (Fsp3) is 0.375. The van der Waals surface area contributed by atoms with E-state index in [4.69, 9.17) is 21.7 Å². The zero-order valence-corrected chi connectivity index (χ0v) is 13.2. The molecule has 2 heterocycles. The number of unbranched alkanes of at least 4 members (excludes halogenated alkanes) is 1. The van der Waals surface area contributed by atoms with Crippen molar-refractivity contribution in [3.8, 4) is 11.5 Å². The minimum Gasteiger partial charge on any atom is -0.486 e. The van der Waals surface area contributed by atoms with Crippen LogP contribution in [0.1, 0.15) is 25.3 Å². The quantitative estimate of drug-likeness (QED) is 0.682. The number of fused-ring (bicyclic) bond motifs is 1. The van der Waals surface area contributed by atoms with E-state index in [1.165, 1.54) is 0 Å². The van der Waals surface area contributed by atoms with Crippen LogP contribution in [-0.4, -0.2) is 35.7 Å². The average molecular weight is 318 g/mol. The lowest BCUT2D eigenvalue weighted by molar-refractivity contribution is -0.122. The van der Waals surface area contributed by atoms with Crippen LogP contribution < -0.4 is 14.8 Å². The monoisotopic (exact) mass is 318 g/mol. The lowest BCUT2D eigenvalue weighted by Gasteiger charge is -2.18. The van der Waals surface area contributed by atoms with Crippen molar-refractivity contribution < 1.29 is 14.3 Å². The van der Waals surface area contributed by atoms with Gasteiger partial charge in [-0.15, -0.1) is 0 Å². The van der Waals surface area contributed by atoms with Gasteiger partial charge in [-0.05, 0) is 42.4 Å². The molecule has 2 aliphatic heterocycles. The van der Waals surface area contributed by atoms with Gasteiger partial charge in [0, 0.05) is 6.54 Å². The number of benzene rings is 1. The van der Waals surface area contributed by atoms with Crippen molar-refractivity contribution in [1.29, 1.82) is 0 Å². The maximum absolute atomic E-state index is 12.4.